The highest BCUT2D eigenvalue weighted by molar-refractivity contribution is 5.86. The number of aryl methyl sites for hydroxylation is 2. The molecule has 2 radical (unpaired) electrons. The summed E-state index contributed by atoms with van der Waals surface area (Å²) in [6.45, 7) is 3.62. The first-order valence-corrected chi connectivity index (χ1v) is 7.38. The molecule has 2 aromatic carbocycles. The second-order valence-electron chi connectivity index (χ2n) is 5.63. The molecule has 0 aliphatic heterocycles. The Kier molecular flexibility index (Phi) is 3.80. The van der Waals surface area contributed by atoms with Gasteiger partial charge < -0.3 is 9.36 Å². The van der Waals surface area contributed by atoms with Gasteiger partial charge in [0.1, 0.15) is 11.6 Å². The number of hydrogen-bond donors (Lipinski definition) is 0. The van der Waals surface area contributed by atoms with E-state index in [2.05, 4.69) is 29.2 Å². The third kappa shape index (κ3) is 2.67. The summed E-state index contributed by atoms with van der Waals surface area (Å²) in [5, 5.41) is 0. The van der Waals surface area contributed by atoms with Gasteiger partial charge in [-0.05, 0) is 42.7 Å². The normalized spacial score (nSPS) is 11.0. The van der Waals surface area contributed by atoms with E-state index < -0.39 is 0 Å². The van der Waals surface area contributed by atoms with E-state index in [-0.39, 0.29) is 5.78 Å². The van der Waals surface area contributed by atoms with Gasteiger partial charge in [0.25, 0.3) is 0 Å². The van der Waals surface area contributed by atoms with Crippen molar-refractivity contribution in [2.45, 2.75) is 26.7 Å². The van der Waals surface area contributed by atoms with Crippen LogP contribution in [0.15, 0.2) is 42.5 Å². The summed E-state index contributed by atoms with van der Waals surface area (Å²) in [5.41, 5.74) is 5.16. The van der Waals surface area contributed by atoms with Gasteiger partial charge in [-0.2, -0.15) is 0 Å². The largest absolute Gasteiger partial charge is 0.320 e. The predicted molar refractivity (Wildman–Crippen MR) is 88.6 cm³/mol. The second-order valence-corrected chi connectivity index (χ2v) is 5.63. The molecule has 0 spiro atoms. The van der Waals surface area contributed by atoms with Crippen molar-refractivity contribution in [2.24, 2.45) is 0 Å². The van der Waals surface area contributed by atoms with Crippen molar-refractivity contribution >= 4 is 16.8 Å². The Morgan fingerprint density at radius 1 is 1.18 bits per heavy atom. The van der Waals surface area contributed by atoms with Crippen LogP contribution in [0.4, 0.5) is 0 Å². The first-order valence-electron chi connectivity index (χ1n) is 7.38. The van der Waals surface area contributed by atoms with Crippen LogP contribution in [0.1, 0.15) is 24.7 Å². The summed E-state index contributed by atoms with van der Waals surface area (Å²) in [6, 6.07) is 14.4. The van der Waals surface area contributed by atoms with E-state index in [1.165, 1.54) is 0 Å². The predicted octanol–water partition coefficient (Wildman–Crippen LogP) is 4.05. The van der Waals surface area contributed by atoms with Gasteiger partial charge in [0.2, 0.25) is 0 Å². The van der Waals surface area contributed by atoms with Gasteiger partial charge in [0.05, 0.1) is 18.1 Å². The van der Waals surface area contributed by atoms with Crippen LogP contribution in [-0.2, 0) is 11.2 Å². The molecular formula is C19H18N2O. The van der Waals surface area contributed by atoms with Crippen LogP contribution in [0.5, 0.6) is 0 Å². The van der Waals surface area contributed by atoms with Crippen LogP contribution in [0, 0.1) is 14.0 Å². The van der Waals surface area contributed by atoms with E-state index in [0.717, 1.165) is 33.5 Å². The Hall–Kier alpha value is -2.42. The molecule has 1 aromatic heterocycles. The smallest absolute Gasteiger partial charge is 0.130 e. The average molecular weight is 290 g/mol. The van der Waals surface area contributed by atoms with Crippen molar-refractivity contribution in [3.8, 4) is 11.1 Å². The summed E-state index contributed by atoms with van der Waals surface area (Å²) >= 11 is 0. The van der Waals surface area contributed by atoms with Crippen molar-refractivity contribution in [1.82, 2.24) is 9.55 Å². The molecule has 1 heterocycles. The summed E-state index contributed by atoms with van der Waals surface area (Å²) in [7, 11) is 6.18. The number of hydrogen-bond acceptors (Lipinski definition) is 2. The fourth-order valence-electron chi connectivity index (χ4n) is 2.67. The van der Waals surface area contributed by atoms with Gasteiger partial charge >= 0.3 is 0 Å². The molecule has 3 rings (SSSR count). The SMILES string of the molecule is [CH]n1c(CCC(C)=O)nc2c(C)cc(-c3ccccc3)cc21. The van der Waals surface area contributed by atoms with Crippen molar-refractivity contribution in [3.05, 3.63) is 60.9 Å². The second kappa shape index (κ2) is 5.76. The quantitative estimate of drug-likeness (QED) is 0.726. The molecule has 22 heavy (non-hydrogen) atoms. The fourth-order valence-corrected chi connectivity index (χ4v) is 2.67. The molecule has 0 N–H and O–H groups in total. The molecule has 0 saturated heterocycles. The van der Waals surface area contributed by atoms with Crippen LogP contribution < -0.4 is 0 Å². The molecule has 3 aromatic rings. The van der Waals surface area contributed by atoms with Crippen LogP contribution >= 0.6 is 0 Å². The van der Waals surface area contributed by atoms with Crippen LogP contribution in [0.25, 0.3) is 22.2 Å². The van der Waals surface area contributed by atoms with Crippen LogP contribution in [0.3, 0.4) is 0 Å². The van der Waals surface area contributed by atoms with Crippen LogP contribution in [0.2, 0.25) is 0 Å². The first-order chi connectivity index (χ1) is 10.6. The van der Waals surface area contributed by atoms with Crippen molar-refractivity contribution in [1.29, 1.82) is 0 Å². The number of carbonyl (C=O) groups is 1. The molecule has 3 heteroatoms. The lowest BCUT2D eigenvalue weighted by molar-refractivity contribution is -0.117. The third-order valence-electron chi connectivity index (χ3n) is 3.87. The molecule has 0 fully saturated rings. The lowest BCUT2D eigenvalue weighted by atomic mass is 10.0. The molecule has 3 nitrogen and oxygen atoms in total. The van der Waals surface area contributed by atoms with Gasteiger partial charge in [-0.1, -0.05) is 30.3 Å². The molecule has 0 amide bonds. The highest BCUT2D eigenvalue weighted by atomic mass is 16.1. The summed E-state index contributed by atoms with van der Waals surface area (Å²) < 4.78 is 1.61. The Bertz CT molecular complexity index is 832. The molecular weight excluding hydrogens is 272 g/mol. The minimum absolute atomic E-state index is 0.147. The van der Waals surface area contributed by atoms with Crippen molar-refractivity contribution in [3.63, 3.8) is 0 Å². The molecule has 0 bridgehead atoms. The number of rotatable bonds is 4. The number of ketones is 1. The van der Waals surface area contributed by atoms with Crippen LogP contribution in [-0.4, -0.2) is 15.3 Å². The number of nitrogens with zero attached hydrogens (tertiary/aromatic N) is 2. The monoisotopic (exact) mass is 290 g/mol. The van der Waals surface area contributed by atoms with Gasteiger partial charge in [-0.15, -0.1) is 0 Å². The summed E-state index contributed by atoms with van der Waals surface area (Å²) in [4.78, 5) is 15.8. The molecule has 0 aliphatic rings. The lowest BCUT2D eigenvalue weighted by Crippen LogP contribution is -2.00. The Balaban J connectivity index is 2.09. The fraction of sp³-hybridized carbons (Fsp3) is 0.211. The highest BCUT2D eigenvalue weighted by Gasteiger charge is 2.12. The van der Waals surface area contributed by atoms with Gasteiger partial charge in [-0.25, -0.2) is 4.98 Å². The Morgan fingerprint density at radius 3 is 2.59 bits per heavy atom. The van der Waals surface area contributed by atoms with E-state index in [9.17, 15) is 4.79 Å². The highest BCUT2D eigenvalue weighted by Crippen LogP contribution is 2.28. The zero-order chi connectivity index (χ0) is 15.7. The van der Waals surface area contributed by atoms with Crippen molar-refractivity contribution in [2.75, 3.05) is 0 Å². The maximum atomic E-state index is 11.2. The molecule has 0 saturated carbocycles. The summed E-state index contributed by atoms with van der Waals surface area (Å²) in [5.74, 6) is 0.896. The zero-order valence-corrected chi connectivity index (χ0v) is 12.8. The van der Waals surface area contributed by atoms with Gasteiger partial charge in [0.15, 0.2) is 0 Å². The third-order valence-corrected chi connectivity index (χ3v) is 3.87. The Morgan fingerprint density at radius 2 is 1.91 bits per heavy atom. The van der Waals surface area contributed by atoms with Crippen molar-refractivity contribution < 1.29 is 4.79 Å². The average Bonchev–Trinajstić information content (AvgIpc) is 2.83. The van der Waals surface area contributed by atoms with Gasteiger partial charge in [0, 0.05) is 12.8 Å². The number of fused-ring (bicyclic) bond motifs is 1. The number of imidazole rings is 1. The van der Waals surface area contributed by atoms with E-state index in [4.69, 9.17) is 7.05 Å². The number of benzene rings is 2. The van der Waals surface area contributed by atoms with E-state index >= 15 is 0 Å². The number of Topliss-reactive ketones (excluding diaryl/α,β-unsaturated/α-hetero) is 1. The Labute approximate surface area is 130 Å². The molecule has 0 aliphatic carbocycles. The van der Waals surface area contributed by atoms with Gasteiger partial charge in [-0.3, -0.25) is 0 Å². The van der Waals surface area contributed by atoms with E-state index in [0.29, 0.717) is 12.8 Å². The minimum Gasteiger partial charge on any atom is -0.320 e. The number of aromatic nitrogens is 2. The zero-order valence-electron chi connectivity index (χ0n) is 12.8. The maximum Gasteiger partial charge on any atom is 0.130 e. The minimum atomic E-state index is 0.147. The maximum absolute atomic E-state index is 11.2. The number of carbonyl (C=O) groups excluding carboxylic acids is 1. The topological polar surface area (TPSA) is 34.9 Å². The molecule has 0 unspecified atom stereocenters. The first kappa shape index (κ1) is 14.5. The van der Waals surface area contributed by atoms with E-state index in [1.54, 1.807) is 11.5 Å². The molecule has 110 valence electrons. The van der Waals surface area contributed by atoms with E-state index in [1.807, 2.05) is 25.1 Å². The molecule has 0 atom stereocenters. The standard InChI is InChI=1S/C19H18N2O/c1-13-11-16(15-7-5-4-6-8-15)12-17-19(13)20-18(21(17)3)10-9-14(2)22/h3-8,11-12H,9-10H2,1-2H3. The summed E-state index contributed by atoms with van der Waals surface area (Å²) in [6.07, 6.45) is 1.03. The lowest BCUT2D eigenvalue weighted by Gasteiger charge is -2.05.